The van der Waals surface area contributed by atoms with Gasteiger partial charge in [0.05, 0.1) is 11.8 Å². The van der Waals surface area contributed by atoms with Crippen LogP contribution in [0.15, 0.2) is 30.5 Å². The van der Waals surface area contributed by atoms with Crippen LogP contribution in [0.4, 0.5) is 8.78 Å². The van der Waals surface area contributed by atoms with E-state index in [2.05, 4.69) is 15.2 Å². The molecule has 0 radical (unpaired) electrons. The molecule has 0 bridgehead atoms. The number of hydrogen-bond acceptors (Lipinski definition) is 4. The van der Waals surface area contributed by atoms with Crippen molar-refractivity contribution in [2.75, 3.05) is 0 Å². The maximum Gasteiger partial charge on any atom is 0.177 e. The summed E-state index contributed by atoms with van der Waals surface area (Å²) in [5, 5.41) is 8.50. The molecule has 3 aromatic rings. The zero-order valence-electron chi connectivity index (χ0n) is 16.9. The van der Waals surface area contributed by atoms with E-state index >= 15 is 0 Å². The fourth-order valence-corrected chi connectivity index (χ4v) is 3.16. The Kier molecular flexibility index (Phi) is 5.19. The van der Waals surface area contributed by atoms with Crippen molar-refractivity contribution in [1.29, 1.82) is 0 Å². The molecule has 0 unspecified atom stereocenters. The van der Waals surface area contributed by atoms with Crippen LogP contribution in [-0.4, -0.2) is 19.7 Å². The zero-order valence-corrected chi connectivity index (χ0v) is 16.9. The van der Waals surface area contributed by atoms with Crippen molar-refractivity contribution in [3.05, 3.63) is 59.2 Å². The molecule has 0 atom stereocenters. The lowest BCUT2D eigenvalue weighted by Gasteiger charge is -2.28. The van der Waals surface area contributed by atoms with Crippen molar-refractivity contribution in [3.63, 3.8) is 0 Å². The van der Waals surface area contributed by atoms with Gasteiger partial charge in [-0.05, 0) is 65.3 Å². The summed E-state index contributed by atoms with van der Waals surface area (Å²) in [6.07, 6.45) is 1.68. The van der Waals surface area contributed by atoms with Crippen molar-refractivity contribution in [2.45, 2.75) is 53.2 Å². The van der Waals surface area contributed by atoms with Crippen molar-refractivity contribution >= 4 is 0 Å². The van der Waals surface area contributed by atoms with Gasteiger partial charge in [0.25, 0.3) is 0 Å². The Balaban J connectivity index is 2.07. The summed E-state index contributed by atoms with van der Waals surface area (Å²) in [5.41, 5.74) is 1.20. The molecule has 0 aliphatic heterocycles. The molecule has 0 spiro atoms. The van der Waals surface area contributed by atoms with Gasteiger partial charge in [0.15, 0.2) is 17.2 Å². The Labute approximate surface area is 163 Å². The van der Waals surface area contributed by atoms with Crippen LogP contribution in [0.1, 0.15) is 50.8 Å². The van der Waals surface area contributed by atoms with Crippen molar-refractivity contribution in [3.8, 4) is 17.1 Å². The van der Waals surface area contributed by atoms with Gasteiger partial charge in [-0.15, -0.1) is 10.2 Å². The van der Waals surface area contributed by atoms with Crippen LogP contribution in [0.3, 0.4) is 0 Å². The molecule has 7 heteroatoms. The lowest BCUT2D eigenvalue weighted by Crippen LogP contribution is -2.31. The largest absolute Gasteiger partial charge is 0.478 e. The average Bonchev–Trinajstić information content (AvgIpc) is 3.03. The number of aromatic nitrogens is 4. The van der Waals surface area contributed by atoms with E-state index in [4.69, 9.17) is 4.74 Å². The number of halogens is 2. The van der Waals surface area contributed by atoms with Crippen molar-refractivity contribution in [2.24, 2.45) is 0 Å². The van der Waals surface area contributed by atoms with Crippen LogP contribution in [0.2, 0.25) is 0 Å². The first kappa shape index (κ1) is 19.9. The highest BCUT2D eigenvalue weighted by molar-refractivity contribution is 5.56. The van der Waals surface area contributed by atoms with E-state index in [1.54, 1.807) is 6.20 Å². The minimum absolute atomic E-state index is 0.0652. The zero-order chi connectivity index (χ0) is 20.6. The van der Waals surface area contributed by atoms with Gasteiger partial charge >= 0.3 is 0 Å². The van der Waals surface area contributed by atoms with Crippen LogP contribution < -0.4 is 4.74 Å². The minimum Gasteiger partial charge on any atom is -0.478 e. The Morgan fingerprint density at radius 1 is 1.07 bits per heavy atom. The third kappa shape index (κ3) is 3.74. The molecule has 28 heavy (non-hydrogen) atoms. The Morgan fingerprint density at radius 2 is 1.79 bits per heavy atom. The molecule has 1 aromatic carbocycles. The Hall–Kier alpha value is -2.83. The second-order valence-electron chi connectivity index (χ2n) is 7.64. The summed E-state index contributed by atoms with van der Waals surface area (Å²) in [5.74, 6) is 0.198. The van der Waals surface area contributed by atoms with Crippen LogP contribution in [-0.2, 0) is 5.60 Å². The molecule has 2 aromatic heterocycles. The normalized spacial score (nSPS) is 11.9. The molecule has 2 heterocycles. The first-order chi connectivity index (χ1) is 13.1. The number of ether oxygens (including phenoxy) is 1. The molecule has 3 rings (SSSR count). The fourth-order valence-electron chi connectivity index (χ4n) is 3.16. The van der Waals surface area contributed by atoms with E-state index in [0.717, 1.165) is 17.3 Å². The van der Waals surface area contributed by atoms with Gasteiger partial charge in [-0.2, -0.15) is 0 Å². The molecule has 0 saturated heterocycles. The second kappa shape index (κ2) is 7.30. The van der Waals surface area contributed by atoms with Gasteiger partial charge in [-0.25, -0.2) is 8.78 Å². The lowest BCUT2D eigenvalue weighted by molar-refractivity contribution is 0.0910. The highest BCUT2D eigenvalue weighted by Crippen LogP contribution is 2.33. The molecular formula is C21H24F2N4O. The van der Waals surface area contributed by atoms with Gasteiger partial charge in [0.1, 0.15) is 17.4 Å². The molecule has 0 aliphatic carbocycles. The standard InChI is InChI=1S/C21H24F2N4O/c1-12(2)27-19(16-8-7-15(22)10-17(16)23)25-26-20(27)21(5,6)28-18-11-24-14(4)9-13(18)3/h7-12H,1-6H3. The average molecular weight is 386 g/mol. The number of rotatable bonds is 5. The summed E-state index contributed by atoms with van der Waals surface area (Å²) in [7, 11) is 0. The maximum atomic E-state index is 14.4. The topological polar surface area (TPSA) is 52.8 Å². The van der Waals surface area contributed by atoms with E-state index in [0.29, 0.717) is 17.4 Å². The Morgan fingerprint density at radius 3 is 2.39 bits per heavy atom. The summed E-state index contributed by atoms with van der Waals surface area (Å²) < 4.78 is 35.7. The van der Waals surface area contributed by atoms with Gasteiger partial charge in [-0.3, -0.25) is 4.98 Å². The molecule has 0 N–H and O–H groups in total. The summed E-state index contributed by atoms with van der Waals surface area (Å²) in [4.78, 5) is 4.30. The molecule has 0 saturated carbocycles. The first-order valence-electron chi connectivity index (χ1n) is 9.13. The molecule has 0 aliphatic rings. The number of pyridine rings is 1. The molecule has 148 valence electrons. The molecular weight excluding hydrogens is 362 g/mol. The molecule has 0 fully saturated rings. The summed E-state index contributed by atoms with van der Waals surface area (Å²) in [6.45, 7) is 11.5. The van der Waals surface area contributed by atoms with Crippen LogP contribution >= 0.6 is 0 Å². The van der Waals surface area contributed by atoms with E-state index < -0.39 is 17.2 Å². The first-order valence-corrected chi connectivity index (χ1v) is 9.13. The monoisotopic (exact) mass is 386 g/mol. The van der Waals surface area contributed by atoms with Crippen LogP contribution in [0.5, 0.6) is 5.75 Å². The quantitative estimate of drug-likeness (QED) is 0.610. The van der Waals surface area contributed by atoms with E-state index in [9.17, 15) is 8.78 Å². The highest BCUT2D eigenvalue weighted by atomic mass is 19.1. The van der Waals surface area contributed by atoms with Gasteiger partial charge in [0.2, 0.25) is 0 Å². The smallest absolute Gasteiger partial charge is 0.177 e. The molecule has 5 nitrogen and oxygen atoms in total. The van der Waals surface area contributed by atoms with Crippen LogP contribution in [0, 0.1) is 25.5 Å². The van der Waals surface area contributed by atoms with Gasteiger partial charge in [-0.1, -0.05) is 0 Å². The van der Waals surface area contributed by atoms with E-state index in [1.165, 1.54) is 12.1 Å². The second-order valence-corrected chi connectivity index (χ2v) is 7.64. The minimum atomic E-state index is -0.853. The lowest BCUT2D eigenvalue weighted by atomic mass is 10.1. The van der Waals surface area contributed by atoms with E-state index in [1.807, 2.05) is 52.2 Å². The third-order valence-corrected chi connectivity index (χ3v) is 4.49. The fraction of sp³-hybridized carbons (Fsp3) is 0.381. The van der Waals surface area contributed by atoms with Crippen molar-refractivity contribution < 1.29 is 13.5 Å². The molecule has 0 amide bonds. The highest BCUT2D eigenvalue weighted by Gasteiger charge is 2.33. The summed E-state index contributed by atoms with van der Waals surface area (Å²) in [6, 6.07) is 5.30. The van der Waals surface area contributed by atoms with Crippen LogP contribution in [0.25, 0.3) is 11.4 Å². The number of hydrogen-bond donors (Lipinski definition) is 0. The van der Waals surface area contributed by atoms with Gasteiger partial charge in [0, 0.05) is 17.8 Å². The number of benzene rings is 1. The summed E-state index contributed by atoms with van der Waals surface area (Å²) >= 11 is 0. The predicted octanol–water partition coefficient (Wildman–Crippen LogP) is 5.13. The van der Waals surface area contributed by atoms with Crippen molar-refractivity contribution in [1.82, 2.24) is 19.7 Å². The number of aryl methyl sites for hydroxylation is 2. The number of nitrogens with zero attached hydrogens (tertiary/aromatic N) is 4. The van der Waals surface area contributed by atoms with Gasteiger partial charge < -0.3 is 9.30 Å². The predicted molar refractivity (Wildman–Crippen MR) is 103 cm³/mol. The van der Waals surface area contributed by atoms with E-state index in [-0.39, 0.29) is 11.6 Å². The SMILES string of the molecule is Cc1cc(C)c(OC(C)(C)c2nnc(-c3ccc(F)cc3F)n2C(C)C)cn1. The third-order valence-electron chi connectivity index (χ3n) is 4.49. The maximum absolute atomic E-state index is 14.4. The Bertz CT molecular complexity index is 1010.